The largest absolute Gasteiger partial charge is 0.497 e. The van der Waals surface area contributed by atoms with Crippen LogP contribution >= 0.6 is 0 Å². The molecule has 0 aliphatic carbocycles. The molecule has 2 fully saturated rings. The first-order chi connectivity index (χ1) is 13.7. The highest BCUT2D eigenvalue weighted by molar-refractivity contribution is 5.82. The lowest BCUT2D eigenvalue weighted by molar-refractivity contribution is -0.189. The van der Waals surface area contributed by atoms with Gasteiger partial charge in [0.1, 0.15) is 17.1 Å². The minimum atomic E-state index is -0.430. The highest BCUT2D eigenvalue weighted by Crippen LogP contribution is 2.53. The van der Waals surface area contributed by atoms with E-state index >= 15 is 0 Å². The Kier molecular flexibility index (Phi) is 5.28. The van der Waals surface area contributed by atoms with E-state index in [1.165, 1.54) is 0 Å². The van der Waals surface area contributed by atoms with Gasteiger partial charge < -0.3 is 24.8 Å². The molecule has 160 valence electrons. The van der Waals surface area contributed by atoms with Crippen LogP contribution in [0.5, 0.6) is 11.5 Å². The van der Waals surface area contributed by atoms with E-state index in [1.54, 1.807) is 7.11 Å². The van der Waals surface area contributed by atoms with Gasteiger partial charge in [-0.15, -0.1) is 0 Å². The minimum Gasteiger partial charge on any atom is -0.497 e. The van der Waals surface area contributed by atoms with Crippen molar-refractivity contribution in [3.8, 4) is 11.5 Å². The van der Waals surface area contributed by atoms with Crippen LogP contribution in [0.2, 0.25) is 0 Å². The van der Waals surface area contributed by atoms with Gasteiger partial charge in [-0.1, -0.05) is 13.8 Å². The van der Waals surface area contributed by atoms with Gasteiger partial charge in [-0.3, -0.25) is 4.79 Å². The molecule has 0 radical (unpaired) electrons. The predicted molar refractivity (Wildman–Crippen MR) is 111 cm³/mol. The molecule has 6 nitrogen and oxygen atoms in total. The number of hydrogen-bond donors (Lipinski definition) is 1. The molecule has 4 rings (SSSR count). The summed E-state index contributed by atoms with van der Waals surface area (Å²) in [4.78, 5) is 14.7. The van der Waals surface area contributed by atoms with Gasteiger partial charge in [-0.2, -0.15) is 0 Å². The molecule has 6 heteroatoms. The maximum Gasteiger partial charge on any atom is 0.239 e. The Labute approximate surface area is 173 Å². The summed E-state index contributed by atoms with van der Waals surface area (Å²) in [5.74, 6) is 2.41. The van der Waals surface area contributed by atoms with Gasteiger partial charge in [0.2, 0.25) is 5.91 Å². The molecular weight excluding hydrogens is 368 g/mol. The molecule has 3 aliphatic rings. The average Bonchev–Trinajstić information content (AvgIpc) is 2.70. The van der Waals surface area contributed by atoms with Crippen molar-refractivity contribution < 1.29 is 19.0 Å². The Morgan fingerprint density at radius 2 is 2.10 bits per heavy atom. The summed E-state index contributed by atoms with van der Waals surface area (Å²) in [6.45, 7) is 9.70. The molecule has 1 amide bonds. The number of fused-ring (bicyclic) bond motifs is 4. The van der Waals surface area contributed by atoms with Crippen LogP contribution in [0.25, 0.3) is 0 Å². The number of nitrogens with two attached hydrogens (primary N) is 1. The number of piperidine rings is 1. The van der Waals surface area contributed by atoms with Crippen LogP contribution in [-0.4, -0.2) is 48.8 Å². The standard InChI is InChI=1S/C23H34N2O4/c1-13(2)20(24)22(26)25-9-8-18-14(12-25)10-17-21(28-18)16-7-6-15(27-5)11-19(16)29-23(17,3)4/h6-7,11,13-14,17-18,20-21H,8-10,12,24H2,1-5H3/t14-,17+,18+,20-,21-/m1/s1. The summed E-state index contributed by atoms with van der Waals surface area (Å²) < 4.78 is 18.4. The van der Waals surface area contributed by atoms with Gasteiger partial charge >= 0.3 is 0 Å². The number of amides is 1. The highest BCUT2D eigenvalue weighted by Gasteiger charge is 2.51. The van der Waals surface area contributed by atoms with Gasteiger partial charge in [0.25, 0.3) is 0 Å². The topological polar surface area (TPSA) is 74.0 Å². The predicted octanol–water partition coefficient (Wildman–Crippen LogP) is 3.14. The van der Waals surface area contributed by atoms with Gasteiger partial charge in [-0.25, -0.2) is 0 Å². The summed E-state index contributed by atoms with van der Waals surface area (Å²) in [5, 5.41) is 0. The maximum absolute atomic E-state index is 12.8. The molecule has 5 atom stereocenters. The molecule has 1 aromatic carbocycles. The number of carbonyl (C=O) groups excluding carboxylic acids is 1. The Balaban J connectivity index is 1.55. The zero-order chi connectivity index (χ0) is 20.9. The Bertz CT molecular complexity index is 778. The summed E-state index contributed by atoms with van der Waals surface area (Å²) in [5.41, 5.74) is 6.89. The van der Waals surface area contributed by atoms with Crippen molar-refractivity contribution in [3.63, 3.8) is 0 Å². The normalized spacial score (nSPS) is 31.2. The molecular formula is C23H34N2O4. The fourth-order valence-corrected chi connectivity index (χ4v) is 5.11. The third-order valence-electron chi connectivity index (χ3n) is 7.02. The number of likely N-dealkylation sites (tertiary alicyclic amines) is 1. The minimum absolute atomic E-state index is 0.0149. The lowest BCUT2D eigenvalue weighted by atomic mass is 9.70. The van der Waals surface area contributed by atoms with Gasteiger partial charge in [-0.05, 0) is 44.7 Å². The lowest BCUT2D eigenvalue weighted by Crippen LogP contribution is -2.57. The molecule has 0 bridgehead atoms. The summed E-state index contributed by atoms with van der Waals surface area (Å²) in [7, 11) is 1.67. The monoisotopic (exact) mass is 402 g/mol. The smallest absolute Gasteiger partial charge is 0.239 e. The number of hydrogen-bond acceptors (Lipinski definition) is 5. The number of nitrogens with zero attached hydrogens (tertiary/aromatic N) is 1. The average molecular weight is 403 g/mol. The third-order valence-corrected chi connectivity index (χ3v) is 7.02. The van der Waals surface area contributed by atoms with Crippen LogP contribution < -0.4 is 15.2 Å². The van der Waals surface area contributed by atoms with Gasteiger partial charge in [0, 0.05) is 36.6 Å². The molecule has 1 aromatic rings. The van der Waals surface area contributed by atoms with Crippen molar-refractivity contribution in [3.05, 3.63) is 23.8 Å². The van der Waals surface area contributed by atoms with Crippen molar-refractivity contribution in [2.75, 3.05) is 20.2 Å². The van der Waals surface area contributed by atoms with Crippen LogP contribution in [-0.2, 0) is 9.53 Å². The highest BCUT2D eigenvalue weighted by atomic mass is 16.5. The van der Waals surface area contributed by atoms with Gasteiger partial charge in [0.15, 0.2) is 0 Å². The molecule has 0 aromatic heterocycles. The fraction of sp³-hybridized carbons (Fsp3) is 0.696. The van der Waals surface area contributed by atoms with E-state index in [0.717, 1.165) is 36.4 Å². The number of ether oxygens (including phenoxy) is 3. The lowest BCUT2D eigenvalue weighted by Gasteiger charge is -2.53. The summed E-state index contributed by atoms with van der Waals surface area (Å²) in [6, 6.07) is 5.57. The van der Waals surface area contributed by atoms with Crippen LogP contribution in [0.1, 0.15) is 52.2 Å². The second kappa shape index (κ2) is 7.47. The second-order valence-corrected chi connectivity index (χ2v) is 9.65. The van der Waals surface area contributed by atoms with E-state index in [0.29, 0.717) is 12.5 Å². The zero-order valence-corrected chi connectivity index (χ0v) is 18.2. The van der Waals surface area contributed by atoms with E-state index < -0.39 is 6.04 Å². The number of carbonyl (C=O) groups is 1. The Hall–Kier alpha value is -1.79. The number of benzene rings is 1. The first-order valence-electron chi connectivity index (χ1n) is 10.8. The van der Waals surface area contributed by atoms with E-state index in [2.05, 4.69) is 19.9 Å². The summed E-state index contributed by atoms with van der Waals surface area (Å²) in [6.07, 6.45) is 2.02. The fourth-order valence-electron chi connectivity index (χ4n) is 5.11. The van der Waals surface area contributed by atoms with Crippen molar-refractivity contribution in [1.82, 2.24) is 4.90 Å². The van der Waals surface area contributed by atoms with E-state index in [4.69, 9.17) is 19.9 Å². The van der Waals surface area contributed by atoms with Crippen LogP contribution in [0.15, 0.2) is 18.2 Å². The van der Waals surface area contributed by atoms with E-state index in [-0.39, 0.29) is 35.6 Å². The van der Waals surface area contributed by atoms with Crippen LogP contribution in [0, 0.1) is 17.8 Å². The maximum atomic E-state index is 12.8. The van der Waals surface area contributed by atoms with Crippen molar-refractivity contribution >= 4 is 5.91 Å². The SMILES string of the molecule is COc1ccc2c(c1)OC(C)(C)[C@H]1C[C@@H]3CN(C(=O)[C@H](N)C(C)C)CC[C@@H]3O[C@H]21. The molecule has 0 saturated carbocycles. The van der Waals surface area contributed by atoms with E-state index in [1.807, 2.05) is 30.9 Å². The molecule has 0 spiro atoms. The summed E-state index contributed by atoms with van der Waals surface area (Å²) >= 11 is 0. The van der Waals surface area contributed by atoms with E-state index in [9.17, 15) is 4.79 Å². The molecule has 29 heavy (non-hydrogen) atoms. The van der Waals surface area contributed by atoms with Crippen LogP contribution in [0.4, 0.5) is 0 Å². The van der Waals surface area contributed by atoms with Gasteiger partial charge in [0.05, 0.1) is 25.4 Å². The van der Waals surface area contributed by atoms with Crippen molar-refractivity contribution in [2.45, 2.75) is 64.4 Å². The molecule has 3 heterocycles. The quantitative estimate of drug-likeness (QED) is 0.841. The molecule has 2 saturated heterocycles. The second-order valence-electron chi connectivity index (χ2n) is 9.65. The molecule has 3 aliphatic heterocycles. The zero-order valence-electron chi connectivity index (χ0n) is 18.2. The van der Waals surface area contributed by atoms with Crippen LogP contribution in [0.3, 0.4) is 0 Å². The third kappa shape index (κ3) is 3.61. The molecule has 0 unspecified atom stereocenters. The van der Waals surface area contributed by atoms with Crippen molar-refractivity contribution in [1.29, 1.82) is 0 Å². The number of rotatable bonds is 3. The van der Waals surface area contributed by atoms with Crippen molar-refractivity contribution in [2.24, 2.45) is 23.5 Å². The molecule has 2 N–H and O–H groups in total. The first-order valence-corrected chi connectivity index (χ1v) is 10.8. The Morgan fingerprint density at radius 3 is 2.79 bits per heavy atom. The number of methoxy groups -OCH3 is 1. The first kappa shape index (κ1) is 20.5. The Morgan fingerprint density at radius 1 is 1.34 bits per heavy atom.